The van der Waals surface area contributed by atoms with E-state index in [-0.39, 0.29) is 5.91 Å². The highest BCUT2D eigenvalue weighted by atomic mass is 16.1. The summed E-state index contributed by atoms with van der Waals surface area (Å²) in [6.07, 6.45) is 3.84. The number of H-pyrrole nitrogens is 1. The summed E-state index contributed by atoms with van der Waals surface area (Å²) in [5, 5.41) is 10.8. The lowest BCUT2D eigenvalue weighted by molar-refractivity contribution is -0.115. The number of rotatable bonds is 3. The van der Waals surface area contributed by atoms with Crippen LogP contribution in [-0.4, -0.2) is 25.7 Å². The van der Waals surface area contributed by atoms with Gasteiger partial charge in [0.15, 0.2) is 0 Å². The molecule has 0 spiro atoms. The number of aromatic nitrogens is 4. The number of aryl methyl sites for hydroxylation is 1. The summed E-state index contributed by atoms with van der Waals surface area (Å²) in [5.74, 6) is -0.0563. The van der Waals surface area contributed by atoms with Crippen molar-refractivity contribution in [1.29, 1.82) is 0 Å². The van der Waals surface area contributed by atoms with Crippen LogP contribution >= 0.6 is 0 Å². The van der Waals surface area contributed by atoms with E-state index >= 15 is 0 Å². The number of nitrogens with zero attached hydrogens (tertiary/aromatic N) is 3. The first-order valence-corrected chi connectivity index (χ1v) is 7.32. The summed E-state index contributed by atoms with van der Waals surface area (Å²) in [6.45, 7) is 0. The number of carbonyl (C=O) groups excluding carboxylic acids is 1. The van der Waals surface area contributed by atoms with Crippen LogP contribution in [0.1, 0.15) is 5.56 Å². The van der Waals surface area contributed by atoms with E-state index in [1.54, 1.807) is 12.5 Å². The molecule has 0 saturated carbocycles. The van der Waals surface area contributed by atoms with E-state index in [2.05, 4.69) is 20.5 Å². The van der Waals surface area contributed by atoms with Gasteiger partial charge in [0, 0.05) is 18.1 Å². The Morgan fingerprint density at radius 1 is 1.26 bits per heavy atom. The van der Waals surface area contributed by atoms with Crippen LogP contribution < -0.4 is 5.32 Å². The minimum atomic E-state index is -0.0563. The number of hydrogen-bond donors (Lipinski definition) is 2. The number of amides is 1. The molecule has 2 aromatic carbocycles. The van der Waals surface area contributed by atoms with E-state index in [9.17, 15) is 4.79 Å². The monoisotopic (exact) mass is 305 g/mol. The third-order valence-corrected chi connectivity index (χ3v) is 3.88. The van der Waals surface area contributed by atoms with Gasteiger partial charge in [-0.3, -0.25) is 9.89 Å². The van der Waals surface area contributed by atoms with Gasteiger partial charge in [-0.1, -0.05) is 6.07 Å². The number of fused-ring (bicyclic) bond motifs is 2. The molecule has 23 heavy (non-hydrogen) atoms. The van der Waals surface area contributed by atoms with Crippen molar-refractivity contribution in [2.24, 2.45) is 7.05 Å². The normalized spacial score (nSPS) is 11.2. The van der Waals surface area contributed by atoms with E-state index < -0.39 is 0 Å². The van der Waals surface area contributed by atoms with Crippen LogP contribution in [0.5, 0.6) is 0 Å². The molecule has 0 saturated heterocycles. The summed E-state index contributed by atoms with van der Waals surface area (Å²) in [6, 6.07) is 11.6. The molecule has 114 valence electrons. The lowest BCUT2D eigenvalue weighted by Gasteiger charge is -2.06. The molecule has 4 rings (SSSR count). The lowest BCUT2D eigenvalue weighted by Crippen LogP contribution is -2.14. The van der Waals surface area contributed by atoms with E-state index in [1.165, 1.54) is 0 Å². The molecular formula is C17H15N5O. The molecule has 6 heteroatoms. The Morgan fingerprint density at radius 2 is 2.17 bits per heavy atom. The lowest BCUT2D eigenvalue weighted by atomic mass is 10.1. The first-order chi connectivity index (χ1) is 11.2. The number of hydrogen-bond acceptors (Lipinski definition) is 3. The number of carbonyl (C=O) groups is 1. The summed E-state index contributed by atoms with van der Waals surface area (Å²) < 4.78 is 1.96. The first-order valence-electron chi connectivity index (χ1n) is 7.32. The van der Waals surface area contributed by atoms with Crippen molar-refractivity contribution in [3.05, 3.63) is 54.5 Å². The molecule has 2 aromatic heterocycles. The second-order valence-corrected chi connectivity index (χ2v) is 5.58. The van der Waals surface area contributed by atoms with Crippen LogP contribution in [0, 0.1) is 0 Å². The minimum absolute atomic E-state index is 0.0563. The molecule has 1 amide bonds. The number of anilines is 1. The highest BCUT2D eigenvalue weighted by molar-refractivity contribution is 5.95. The van der Waals surface area contributed by atoms with Gasteiger partial charge in [0.1, 0.15) is 0 Å². The van der Waals surface area contributed by atoms with Crippen LogP contribution in [0.4, 0.5) is 5.69 Å². The fraction of sp³-hybridized carbons (Fsp3) is 0.118. The molecule has 0 aliphatic heterocycles. The maximum atomic E-state index is 12.2. The third kappa shape index (κ3) is 2.55. The predicted molar refractivity (Wildman–Crippen MR) is 89.1 cm³/mol. The zero-order valence-corrected chi connectivity index (χ0v) is 12.6. The second kappa shape index (κ2) is 5.24. The van der Waals surface area contributed by atoms with Crippen LogP contribution in [0.2, 0.25) is 0 Å². The van der Waals surface area contributed by atoms with Crippen molar-refractivity contribution < 1.29 is 4.79 Å². The molecule has 0 radical (unpaired) electrons. The molecule has 2 heterocycles. The van der Waals surface area contributed by atoms with E-state index in [0.717, 1.165) is 33.2 Å². The Bertz CT molecular complexity index is 1010. The number of nitrogens with one attached hydrogen (secondary N) is 2. The van der Waals surface area contributed by atoms with Gasteiger partial charge >= 0.3 is 0 Å². The van der Waals surface area contributed by atoms with E-state index in [0.29, 0.717) is 6.42 Å². The smallest absolute Gasteiger partial charge is 0.228 e. The number of aromatic amines is 1. The van der Waals surface area contributed by atoms with E-state index in [1.807, 2.05) is 48.0 Å². The van der Waals surface area contributed by atoms with Crippen molar-refractivity contribution in [3.63, 3.8) is 0 Å². The van der Waals surface area contributed by atoms with Crippen LogP contribution in [0.3, 0.4) is 0 Å². The summed E-state index contributed by atoms with van der Waals surface area (Å²) in [4.78, 5) is 16.6. The third-order valence-electron chi connectivity index (χ3n) is 3.88. The van der Waals surface area contributed by atoms with Crippen LogP contribution in [-0.2, 0) is 18.3 Å². The number of imidazole rings is 1. The fourth-order valence-electron chi connectivity index (χ4n) is 2.70. The Hall–Kier alpha value is -3.15. The van der Waals surface area contributed by atoms with Crippen molar-refractivity contribution in [1.82, 2.24) is 19.7 Å². The molecule has 2 N–H and O–H groups in total. The average Bonchev–Trinajstić information content (AvgIpc) is 3.13. The van der Waals surface area contributed by atoms with Gasteiger partial charge in [-0.25, -0.2) is 4.98 Å². The topological polar surface area (TPSA) is 75.6 Å². The van der Waals surface area contributed by atoms with Gasteiger partial charge in [0.05, 0.1) is 35.5 Å². The molecule has 0 fully saturated rings. The van der Waals surface area contributed by atoms with Crippen molar-refractivity contribution in [2.45, 2.75) is 6.42 Å². The maximum absolute atomic E-state index is 12.2. The molecule has 0 unspecified atom stereocenters. The molecule has 0 bridgehead atoms. The molecular weight excluding hydrogens is 290 g/mol. The molecule has 4 aromatic rings. The Kier molecular flexibility index (Phi) is 3.08. The first kappa shape index (κ1) is 13.5. The zero-order chi connectivity index (χ0) is 15.8. The fourth-order valence-corrected chi connectivity index (χ4v) is 2.70. The molecule has 6 nitrogen and oxygen atoms in total. The summed E-state index contributed by atoms with van der Waals surface area (Å²) >= 11 is 0. The van der Waals surface area contributed by atoms with Gasteiger partial charge in [0.25, 0.3) is 0 Å². The average molecular weight is 305 g/mol. The summed E-state index contributed by atoms with van der Waals surface area (Å²) in [7, 11) is 1.95. The van der Waals surface area contributed by atoms with Gasteiger partial charge in [-0.2, -0.15) is 5.10 Å². The standard InChI is InChI=1S/C17H15N5O/c1-22-10-18-15-6-11(2-5-16(15)22)7-17(23)20-13-4-3-12-9-19-21-14(12)8-13/h2-6,8-10H,7H2,1H3,(H,19,21)(H,20,23). The molecule has 0 aliphatic carbocycles. The van der Waals surface area contributed by atoms with Crippen molar-refractivity contribution in [2.75, 3.05) is 5.32 Å². The van der Waals surface area contributed by atoms with Crippen molar-refractivity contribution >= 4 is 33.5 Å². The van der Waals surface area contributed by atoms with Gasteiger partial charge in [-0.05, 0) is 35.9 Å². The van der Waals surface area contributed by atoms with Gasteiger partial charge in [-0.15, -0.1) is 0 Å². The Morgan fingerprint density at radius 3 is 3.09 bits per heavy atom. The largest absolute Gasteiger partial charge is 0.334 e. The van der Waals surface area contributed by atoms with Crippen molar-refractivity contribution in [3.8, 4) is 0 Å². The summed E-state index contributed by atoms with van der Waals surface area (Å²) in [5.41, 5.74) is 4.55. The highest BCUT2D eigenvalue weighted by Crippen LogP contribution is 2.18. The van der Waals surface area contributed by atoms with E-state index in [4.69, 9.17) is 0 Å². The minimum Gasteiger partial charge on any atom is -0.334 e. The number of benzene rings is 2. The Balaban J connectivity index is 1.51. The maximum Gasteiger partial charge on any atom is 0.228 e. The molecule has 0 atom stereocenters. The highest BCUT2D eigenvalue weighted by Gasteiger charge is 2.07. The van der Waals surface area contributed by atoms with Crippen LogP contribution in [0.15, 0.2) is 48.9 Å². The predicted octanol–water partition coefficient (Wildman–Crippen LogP) is 2.63. The quantitative estimate of drug-likeness (QED) is 0.611. The second-order valence-electron chi connectivity index (χ2n) is 5.58. The van der Waals surface area contributed by atoms with Crippen LogP contribution in [0.25, 0.3) is 21.9 Å². The van der Waals surface area contributed by atoms with Gasteiger partial charge in [0.2, 0.25) is 5.91 Å². The van der Waals surface area contributed by atoms with Gasteiger partial charge < -0.3 is 9.88 Å². The molecule has 0 aliphatic rings. The SMILES string of the molecule is Cn1cnc2cc(CC(=O)Nc3ccc4cn[nH]c4c3)ccc21. The Labute approximate surface area is 132 Å². The zero-order valence-electron chi connectivity index (χ0n) is 12.6.